The van der Waals surface area contributed by atoms with E-state index in [9.17, 15) is 9.90 Å². The third-order valence-electron chi connectivity index (χ3n) is 3.91. The van der Waals surface area contributed by atoms with Crippen LogP contribution >= 0.6 is 0 Å². The maximum atomic E-state index is 12.1. The first-order chi connectivity index (χ1) is 8.63. The Labute approximate surface area is 105 Å². The van der Waals surface area contributed by atoms with Crippen molar-refractivity contribution in [3.63, 3.8) is 0 Å². The van der Waals surface area contributed by atoms with Crippen LogP contribution < -0.4 is 16.4 Å². The van der Waals surface area contributed by atoms with Gasteiger partial charge in [0.05, 0.1) is 5.69 Å². The van der Waals surface area contributed by atoms with Gasteiger partial charge in [0.25, 0.3) is 5.91 Å². The van der Waals surface area contributed by atoms with Gasteiger partial charge in [-0.25, -0.2) is 0 Å². The lowest BCUT2D eigenvalue weighted by Gasteiger charge is -2.21. The molecule has 5 heteroatoms. The van der Waals surface area contributed by atoms with E-state index >= 15 is 0 Å². The van der Waals surface area contributed by atoms with Crippen LogP contribution in [0.3, 0.4) is 0 Å². The number of rotatable bonds is 2. The summed E-state index contributed by atoms with van der Waals surface area (Å²) in [5, 5.41) is 15.8. The quantitative estimate of drug-likeness (QED) is 0.455. The molecule has 3 rings (SSSR count). The summed E-state index contributed by atoms with van der Waals surface area (Å²) in [5.74, 6) is -0.116. The van der Waals surface area contributed by atoms with Crippen molar-refractivity contribution in [3.8, 4) is 5.75 Å². The molecule has 0 aromatic heterocycles. The number of nitrogen functional groups attached to an aromatic ring is 1. The molecular weight excluding hydrogens is 230 g/mol. The largest absolute Gasteiger partial charge is 0.506 e. The van der Waals surface area contributed by atoms with E-state index in [0.717, 1.165) is 12.8 Å². The Hall–Kier alpha value is -1.75. The van der Waals surface area contributed by atoms with E-state index in [1.165, 1.54) is 18.6 Å². The van der Waals surface area contributed by atoms with Crippen LogP contribution in [0.4, 0.5) is 5.69 Å². The minimum Gasteiger partial charge on any atom is -0.506 e. The average Bonchev–Trinajstić information content (AvgIpc) is 2.94. The number of phenolic OH excluding ortho intramolecular Hbond substituents is 1. The standard InChI is InChI=1S/C13H17N3O2/c14-9-5-7(1-4-12(9)17)13(18)16-11-6-8-2-3-10(11)15-8/h1,4-5,8,10-11,15,17H,2-3,6,14H2,(H,16,18). The van der Waals surface area contributed by atoms with Crippen molar-refractivity contribution >= 4 is 11.6 Å². The van der Waals surface area contributed by atoms with Crippen molar-refractivity contribution in [2.45, 2.75) is 37.4 Å². The molecule has 0 saturated carbocycles. The third-order valence-corrected chi connectivity index (χ3v) is 3.91. The van der Waals surface area contributed by atoms with E-state index in [2.05, 4.69) is 10.6 Å². The Morgan fingerprint density at radius 1 is 1.44 bits per heavy atom. The highest BCUT2D eigenvalue weighted by molar-refractivity contribution is 5.95. The fraction of sp³-hybridized carbons (Fsp3) is 0.462. The number of nitrogens with one attached hydrogen (secondary N) is 2. The fourth-order valence-corrected chi connectivity index (χ4v) is 2.93. The molecule has 5 N–H and O–H groups in total. The third kappa shape index (κ3) is 1.90. The SMILES string of the molecule is Nc1cc(C(=O)NC2CC3CCC2N3)ccc1O. The van der Waals surface area contributed by atoms with Crippen LogP contribution in [0.1, 0.15) is 29.6 Å². The summed E-state index contributed by atoms with van der Waals surface area (Å²) < 4.78 is 0. The molecule has 1 aromatic rings. The molecule has 3 atom stereocenters. The summed E-state index contributed by atoms with van der Waals surface area (Å²) in [6, 6.07) is 5.72. The Bertz CT molecular complexity index is 489. The van der Waals surface area contributed by atoms with Crippen LogP contribution in [0.25, 0.3) is 0 Å². The molecule has 2 saturated heterocycles. The molecule has 0 spiro atoms. The topological polar surface area (TPSA) is 87.4 Å². The molecule has 2 aliphatic rings. The van der Waals surface area contributed by atoms with E-state index in [4.69, 9.17) is 5.73 Å². The number of nitrogens with two attached hydrogens (primary N) is 1. The number of anilines is 1. The summed E-state index contributed by atoms with van der Waals surface area (Å²) >= 11 is 0. The van der Waals surface area contributed by atoms with Crippen LogP contribution in [0.15, 0.2) is 18.2 Å². The monoisotopic (exact) mass is 247 g/mol. The number of benzene rings is 1. The molecule has 3 unspecified atom stereocenters. The number of phenols is 1. The van der Waals surface area contributed by atoms with Crippen molar-refractivity contribution in [1.29, 1.82) is 0 Å². The Balaban J connectivity index is 1.69. The molecule has 0 radical (unpaired) electrons. The molecule has 96 valence electrons. The Morgan fingerprint density at radius 2 is 2.28 bits per heavy atom. The van der Waals surface area contributed by atoms with Gasteiger partial charge in [0, 0.05) is 23.7 Å². The van der Waals surface area contributed by atoms with Crippen LogP contribution in [0, 0.1) is 0 Å². The summed E-state index contributed by atoms with van der Waals surface area (Å²) in [5.41, 5.74) is 6.31. The van der Waals surface area contributed by atoms with Gasteiger partial charge in [0.2, 0.25) is 0 Å². The second-order valence-corrected chi connectivity index (χ2v) is 5.14. The van der Waals surface area contributed by atoms with Gasteiger partial charge in [-0.05, 0) is 37.5 Å². The molecule has 2 fully saturated rings. The van der Waals surface area contributed by atoms with Crippen molar-refractivity contribution in [2.24, 2.45) is 0 Å². The minimum atomic E-state index is -0.124. The lowest BCUT2D eigenvalue weighted by molar-refractivity contribution is 0.0931. The van der Waals surface area contributed by atoms with E-state index in [-0.39, 0.29) is 23.4 Å². The van der Waals surface area contributed by atoms with Crippen molar-refractivity contribution in [1.82, 2.24) is 10.6 Å². The summed E-state index contributed by atoms with van der Waals surface area (Å²) in [6.07, 6.45) is 3.35. The molecule has 0 aliphatic carbocycles. The maximum Gasteiger partial charge on any atom is 0.251 e. The molecule has 18 heavy (non-hydrogen) atoms. The van der Waals surface area contributed by atoms with Gasteiger partial charge < -0.3 is 21.5 Å². The zero-order valence-corrected chi connectivity index (χ0v) is 10.0. The van der Waals surface area contributed by atoms with E-state index in [1.54, 1.807) is 6.07 Å². The first kappa shape index (κ1) is 11.3. The van der Waals surface area contributed by atoms with Crippen LogP contribution in [0.2, 0.25) is 0 Å². The van der Waals surface area contributed by atoms with Gasteiger partial charge in [-0.1, -0.05) is 0 Å². The van der Waals surface area contributed by atoms with Crippen LogP contribution in [-0.4, -0.2) is 29.1 Å². The van der Waals surface area contributed by atoms with Crippen LogP contribution in [-0.2, 0) is 0 Å². The molecule has 2 aliphatic heterocycles. The second-order valence-electron chi connectivity index (χ2n) is 5.14. The lowest BCUT2D eigenvalue weighted by Crippen LogP contribution is -2.42. The highest BCUT2D eigenvalue weighted by Crippen LogP contribution is 2.28. The number of carbonyl (C=O) groups is 1. The number of aromatic hydroxyl groups is 1. The highest BCUT2D eigenvalue weighted by atomic mass is 16.3. The highest BCUT2D eigenvalue weighted by Gasteiger charge is 2.39. The van der Waals surface area contributed by atoms with Gasteiger partial charge in [0.15, 0.2) is 0 Å². The predicted octanol–water partition coefficient (Wildman–Crippen LogP) is 0.597. The summed E-state index contributed by atoms with van der Waals surface area (Å²) in [4.78, 5) is 12.1. The van der Waals surface area contributed by atoms with Gasteiger partial charge in [-0.2, -0.15) is 0 Å². The number of hydrogen-bond donors (Lipinski definition) is 4. The molecule has 2 heterocycles. The first-order valence-electron chi connectivity index (χ1n) is 6.29. The number of fused-ring (bicyclic) bond motifs is 2. The van der Waals surface area contributed by atoms with Crippen molar-refractivity contribution in [3.05, 3.63) is 23.8 Å². The predicted molar refractivity (Wildman–Crippen MR) is 68.3 cm³/mol. The molecule has 1 amide bonds. The van der Waals surface area contributed by atoms with Crippen LogP contribution in [0.5, 0.6) is 5.75 Å². The van der Waals surface area contributed by atoms with Gasteiger partial charge in [-0.3, -0.25) is 4.79 Å². The number of hydrogen-bond acceptors (Lipinski definition) is 4. The van der Waals surface area contributed by atoms with Gasteiger partial charge in [-0.15, -0.1) is 0 Å². The van der Waals surface area contributed by atoms with E-state index < -0.39 is 0 Å². The zero-order valence-electron chi connectivity index (χ0n) is 10.0. The number of carbonyl (C=O) groups excluding carboxylic acids is 1. The van der Waals surface area contributed by atoms with E-state index in [0.29, 0.717) is 17.6 Å². The van der Waals surface area contributed by atoms with Crippen molar-refractivity contribution in [2.75, 3.05) is 5.73 Å². The Morgan fingerprint density at radius 3 is 2.89 bits per heavy atom. The Kier molecular flexibility index (Phi) is 2.63. The molecular formula is C13H17N3O2. The molecule has 5 nitrogen and oxygen atoms in total. The summed E-state index contributed by atoms with van der Waals surface area (Å²) in [7, 11) is 0. The zero-order chi connectivity index (χ0) is 12.7. The first-order valence-corrected chi connectivity index (χ1v) is 6.29. The van der Waals surface area contributed by atoms with Crippen molar-refractivity contribution < 1.29 is 9.90 Å². The lowest BCUT2D eigenvalue weighted by atomic mass is 9.95. The average molecular weight is 247 g/mol. The summed E-state index contributed by atoms with van der Waals surface area (Å²) in [6.45, 7) is 0. The van der Waals surface area contributed by atoms with Gasteiger partial charge >= 0.3 is 0 Å². The fourth-order valence-electron chi connectivity index (χ4n) is 2.93. The van der Waals surface area contributed by atoms with E-state index in [1.807, 2.05) is 0 Å². The number of amides is 1. The second kappa shape index (κ2) is 4.17. The normalized spacial score (nSPS) is 29.4. The molecule has 1 aromatic carbocycles. The van der Waals surface area contributed by atoms with Gasteiger partial charge in [0.1, 0.15) is 5.75 Å². The smallest absolute Gasteiger partial charge is 0.251 e. The maximum absolute atomic E-state index is 12.1. The minimum absolute atomic E-state index is 0.00754. The molecule has 2 bridgehead atoms.